The molecule has 0 spiro atoms. The standard InChI is InChI=1S/C10H11N5O/c11-9-13-7-15(14-9)10(16)12-6-8-4-2-1-3-5-8/h1-5,7H,6H2,(H2,11,14)(H,12,16). The Bertz CT molecular complexity index is 479. The highest BCUT2D eigenvalue weighted by atomic mass is 16.2. The number of hydrogen-bond donors (Lipinski definition) is 2. The third-order valence-electron chi connectivity index (χ3n) is 2.00. The van der Waals surface area contributed by atoms with Crippen LogP contribution in [0, 0.1) is 0 Å². The Morgan fingerprint density at radius 3 is 2.75 bits per heavy atom. The van der Waals surface area contributed by atoms with E-state index in [1.165, 1.54) is 6.33 Å². The summed E-state index contributed by atoms with van der Waals surface area (Å²) in [7, 11) is 0. The summed E-state index contributed by atoms with van der Waals surface area (Å²) >= 11 is 0. The van der Waals surface area contributed by atoms with Crippen LogP contribution in [0.1, 0.15) is 5.56 Å². The summed E-state index contributed by atoms with van der Waals surface area (Å²) in [5.41, 5.74) is 6.32. The lowest BCUT2D eigenvalue weighted by Gasteiger charge is -2.03. The molecule has 0 bridgehead atoms. The minimum Gasteiger partial charge on any atom is -0.366 e. The first kappa shape index (κ1) is 10.2. The van der Waals surface area contributed by atoms with Crippen molar-refractivity contribution in [3.63, 3.8) is 0 Å². The van der Waals surface area contributed by atoms with Crippen molar-refractivity contribution in [2.75, 3.05) is 5.73 Å². The van der Waals surface area contributed by atoms with E-state index >= 15 is 0 Å². The van der Waals surface area contributed by atoms with Crippen LogP contribution in [0.25, 0.3) is 0 Å². The van der Waals surface area contributed by atoms with E-state index in [1.807, 2.05) is 30.3 Å². The first-order valence-corrected chi connectivity index (χ1v) is 4.75. The third kappa shape index (κ3) is 2.35. The van der Waals surface area contributed by atoms with Gasteiger partial charge in [0.05, 0.1) is 0 Å². The van der Waals surface area contributed by atoms with Crippen molar-refractivity contribution in [2.45, 2.75) is 6.54 Å². The highest BCUT2D eigenvalue weighted by molar-refractivity contribution is 5.75. The van der Waals surface area contributed by atoms with Gasteiger partial charge in [-0.05, 0) is 5.56 Å². The molecule has 1 aromatic heterocycles. The Hall–Kier alpha value is -2.37. The van der Waals surface area contributed by atoms with Crippen LogP contribution in [0.5, 0.6) is 0 Å². The molecule has 0 atom stereocenters. The largest absolute Gasteiger partial charge is 0.366 e. The summed E-state index contributed by atoms with van der Waals surface area (Å²) < 4.78 is 1.07. The molecule has 1 aromatic carbocycles. The maximum Gasteiger partial charge on any atom is 0.343 e. The first-order valence-electron chi connectivity index (χ1n) is 4.75. The van der Waals surface area contributed by atoms with Crippen LogP contribution in [-0.2, 0) is 6.54 Å². The SMILES string of the molecule is Nc1ncn(C(=O)NCc2ccccc2)n1. The van der Waals surface area contributed by atoms with Crippen LogP contribution in [0.15, 0.2) is 36.7 Å². The molecule has 6 nitrogen and oxygen atoms in total. The minimum atomic E-state index is -0.354. The summed E-state index contributed by atoms with van der Waals surface area (Å²) in [5, 5.41) is 6.39. The van der Waals surface area contributed by atoms with Crippen molar-refractivity contribution in [1.29, 1.82) is 0 Å². The van der Waals surface area contributed by atoms with Crippen molar-refractivity contribution in [2.24, 2.45) is 0 Å². The monoisotopic (exact) mass is 217 g/mol. The summed E-state index contributed by atoms with van der Waals surface area (Å²) in [5.74, 6) is 0.0786. The number of aromatic nitrogens is 3. The van der Waals surface area contributed by atoms with Crippen molar-refractivity contribution in [3.8, 4) is 0 Å². The molecular weight excluding hydrogens is 206 g/mol. The van der Waals surface area contributed by atoms with Gasteiger partial charge in [0.1, 0.15) is 6.33 Å². The molecule has 0 saturated heterocycles. The second-order valence-corrected chi connectivity index (χ2v) is 3.19. The molecule has 2 aromatic rings. The average Bonchev–Trinajstić information content (AvgIpc) is 2.74. The Morgan fingerprint density at radius 2 is 2.12 bits per heavy atom. The lowest BCUT2D eigenvalue weighted by molar-refractivity contribution is 0.239. The molecule has 0 unspecified atom stereocenters. The molecule has 1 heterocycles. The van der Waals surface area contributed by atoms with Gasteiger partial charge in [0.25, 0.3) is 0 Å². The van der Waals surface area contributed by atoms with E-state index in [4.69, 9.17) is 5.73 Å². The van der Waals surface area contributed by atoms with Crippen LogP contribution in [0.3, 0.4) is 0 Å². The summed E-state index contributed by atoms with van der Waals surface area (Å²) in [6, 6.07) is 9.24. The zero-order valence-corrected chi connectivity index (χ0v) is 8.50. The van der Waals surface area contributed by atoms with Gasteiger partial charge in [0.2, 0.25) is 5.95 Å². The Morgan fingerprint density at radius 1 is 1.38 bits per heavy atom. The Kier molecular flexibility index (Phi) is 2.81. The number of nitrogen functional groups attached to an aromatic ring is 1. The van der Waals surface area contributed by atoms with Crippen molar-refractivity contribution < 1.29 is 4.79 Å². The number of nitrogens with one attached hydrogen (secondary N) is 1. The zero-order valence-electron chi connectivity index (χ0n) is 8.50. The summed E-state index contributed by atoms with van der Waals surface area (Å²) in [6.07, 6.45) is 1.27. The van der Waals surface area contributed by atoms with Gasteiger partial charge in [-0.3, -0.25) is 0 Å². The number of carbonyl (C=O) groups is 1. The lowest BCUT2D eigenvalue weighted by Crippen LogP contribution is -2.28. The molecule has 2 rings (SSSR count). The van der Waals surface area contributed by atoms with Gasteiger partial charge >= 0.3 is 6.03 Å². The second kappa shape index (κ2) is 4.43. The van der Waals surface area contributed by atoms with Crippen molar-refractivity contribution in [3.05, 3.63) is 42.2 Å². The van der Waals surface area contributed by atoms with Gasteiger partial charge in [0.15, 0.2) is 0 Å². The highest BCUT2D eigenvalue weighted by Gasteiger charge is 2.05. The number of hydrogen-bond acceptors (Lipinski definition) is 4. The fraction of sp³-hybridized carbons (Fsp3) is 0.100. The maximum absolute atomic E-state index is 11.5. The van der Waals surface area contributed by atoms with E-state index in [1.54, 1.807) is 0 Å². The third-order valence-corrected chi connectivity index (χ3v) is 2.00. The van der Waals surface area contributed by atoms with E-state index < -0.39 is 0 Å². The quantitative estimate of drug-likeness (QED) is 0.772. The number of carbonyl (C=O) groups excluding carboxylic acids is 1. The molecule has 6 heteroatoms. The van der Waals surface area contributed by atoms with Gasteiger partial charge in [-0.15, -0.1) is 5.10 Å². The van der Waals surface area contributed by atoms with Crippen LogP contribution < -0.4 is 11.1 Å². The van der Waals surface area contributed by atoms with Crippen LogP contribution in [0.4, 0.5) is 10.7 Å². The van der Waals surface area contributed by atoms with E-state index in [0.29, 0.717) is 6.54 Å². The topological polar surface area (TPSA) is 85.8 Å². The van der Waals surface area contributed by atoms with Gasteiger partial charge in [-0.25, -0.2) is 9.78 Å². The molecule has 0 aliphatic heterocycles. The minimum absolute atomic E-state index is 0.0786. The van der Waals surface area contributed by atoms with Crippen LogP contribution in [0.2, 0.25) is 0 Å². The molecule has 0 aliphatic carbocycles. The van der Waals surface area contributed by atoms with E-state index in [9.17, 15) is 4.79 Å². The predicted octanol–water partition coefficient (Wildman–Crippen LogP) is 0.618. The van der Waals surface area contributed by atoms with Crippen LogP contribution in [-0.4, -0.2) is 20.8 Å². The molecule has 1 amide bonds. The van der Waals surface area contributed by atoms with Gasteiger partial charge < -0.3 is 11.1 Å². The van der Waals surface area contributed by atoms with Crippen LogP contribution >= 0.6 is 0 Å². The smallest absolute Gasteiger partial charge is 0.343 e. The van der Waals surface area contributed by atoms with E-state index in [-0.39, 0.29) is 12.0 Å². The number of nitrogens with two attached hydrogens (primary N) is 1. The maximum atomic E-state index is 11.5. The molecule has 0 aliphatic rings. The van der Waals surface area contributed by atoms with E-state index in [2.05, 4.69) is 15.4 Å². The van der Waals surface area contributed by atoms with E-state index in [0.717, 1.165) is 10.2 Å². The number of anilines is 1. The molecule has 82 valence electrons. The fourth-order valence-electron chi connectivity index (χ4n) is 1.23. The molecule has 3 N–H and O–H groups in total. The average molecular weight is 217 g/mol. The second-order valence-electron chi connectivity index (χ2n) is 3.19. The Balaban J connectivity index is 1.94. The number of benzene rings is 1. The molecule has 16 heavy (non-hydrogen) atoms. The van der Waals surface area contributed by atoms with Crippen molar-refractivity contribution >= 4 is 12.0 Å². The zero-order chi connectivity index (χ0) is 11.4. The lowest BCUT2D eigenvalue weighted by atomic mass is 10.2. The first-order chi connectivity index (χ1) is 7.75. The molecule has 0 saturated carbocycles. The normalized spacial score (nSPS) is 10.0. The number of amides is 1. The Labute approximate surface area is 92.1 Å². The number of nitrogens with zero attached hydrogens (tertiary/aromatic N) is 3. The fourth-order valence-corrected chi connectivity index (χ4v) is 1.23. The molecule has 0 fully saturated rings. The van der Waals surface area contributed by atoms with Gasteiger partial charge in [-0.1, -0.05) is 30.3 Å². The summed E-state index contributed by atoms with van der Waals surface area (Å²) in [6.45, 7) is 0.444. The molecular formula is C10H11N5O. The van der Waals surface area contributed by atoms with Gasteiger partial charge in [-0.2, -0.15) is 4.68 Å². The highest BCUT2D eigenvalue weighted by Crippen LogP contribution is 1.97. The predicted molar refractivity (Wildman–Crippen MR) is 58.5 cm³/mol. The van der Waals surface area contributed by atoms with Crippen molar-refractivity contribution in [1.82, 2.24) is 20.1 Å². The molecule has 0 radical (unpaired) electrons. The van der Waals surface area contributed by atoms with Gasteiger partial charge in [0, 0.05) is 6.54 Å². The summed E-state index contributed by atoms with van der Waals surface area (Å²) in [4.78, 5) is 15.2. The number of rotatable bonds is 2.